The molecule has 0 N–H and O–H groups in total. The second-order valence-electron chi connectivity index (χ2n) is 7.95. The minimum absolute atomic E-state index is 0.0783. The molecule has 1 amide bonds. The standard InChI is InChI=1S/C21H29N5O/c1-23(2)18-9-12-25(16-18)21(27)20-13-19-15-24(10-6-11-26(19)22-20)14-17-7-4-3-5-8-17/h3-5,7-8,13,18H,6,9-12,14-16H2,1-2H3. The van der Waals surface area contributed by atoms with Gasteiger partial charge in [0.05, 0.1) is 5.69 Å². The maximum atomic E-state index is 12.9. The summed E-state index contributed by atoms with van der Waals surface area (Å²) < 4.78 is 2.04. The summed E-state index contributed by atoms with van der Waals surface area (Å²) >= 11 is 0. The summed E-state index contributed by atoms with van der Waals surface area (Å²) in [5.74, 6) is 0.0783. The number of benzene rings is 1. The summed E-state index contributed by atoms with van der Waals surface area (Å²) in [5.41, 5.74) is 3.08. The van der Waals surface area contributed by atoms with Crippen molar-refractivity contribution in [1.82, 2.24) is 24.5 Å². The van der Waals surface area contributed by atoms with Gasteiger partial charge in [-0.15, -0.1) is 0 Å². The van der Waals surface area contributed by atoms with E-state index in [-0.39, 0.29) is 5.91 Å². The number of carbonyl (C=O) groups excluding carboxylic acids is 1. The summed E-state index contributed by atoms with van der Waals surface area (Å²) in [7, 11) is 4.16. The van der Waals surface area contributed by atoms with E-state index in [1.54, 1.807) is 0 Å². The largest absolute Gasteiger partial charge is 0.336 e. The van der Waals surface area contributed by atoms with Crippen LogP contribution in [-0.2, 0) is 19.6 Å². The number of aromatic nitrogens is 2. The number of rotatable bonds is 4. The van der Waals surface area contributed by atoms with E-state index in [0.717, 1.165) is 57.8 Å². The zero-order valence-electron chi connectivity index (χ0n) is 16.3. The molecule has 4 rings (SSSR count). The molecule has 1 aromatic heterocycles. The second kappa shape index (κ2) is 7.82. The zero-order chi connectivity index (χ0) is 18.8. The van der Waals surface area contributed by atoms with Gasteiger partial charge >= 0.3 is 0 Å². The topological polar surface area (TPSA) is 44.6 Å². The Labute approximate surface area is 161 Å². The molecule has 0 aliphatic carbocycles. The maximum Gasteiger partial charge on any atom is 0.274 e. The Balaban J connectivity index is 1.45. The van der Waals surface area contributed by atoms with Gasteiger partial charge in [-0.05, 0) is 38.6 Å². The number of aryl methyl sites for hydroxylation is 1. The van der Waals surface area contributed by atoms with Crippen molar-refractivity contribution < 1.29 is 4.79 Å². The first-order valence-corrected chi connectivity index (χ1v) is 9.89. The molecule has 6 nitrogen and oxygen atoms in total. The van der Waals surface area contributed by atoms with Crippen LogP contribution in [0.25, 0.3) is 0 Å². The van der Waals surface area contributed by atoms with Gasteiger partial charge in [0, 0.05) is 45.3 Å². The summed E-state index contributed by atoms with van der Waals surface area (Å²) in [4.78, 5) is 19.5. The third-order valence-electron chi connectivity index (χ3n) is 5.74. The highest BCUT2D eigenvalue weighted by Crippen LogP contribution is 2.20. The highest BCUT2D eigenvalue weighted by molar-refractivity contribution is 5.92. The highest BCUT2D eigenvalue weighted by Gasteiger charge is 2.30. The smallest absolute Gasteiger partial charge is 0.274 e. The van der Waals surface area contributed by atoms with Crippen molar-refractivity contribution in [2.45, 2.75) is 38.5 Å². The van der Waals surface area contributed by atoms with Gasteiger partial charge in [-0.1, -0.05) is 30.3 Å². The molecular weight excluding hydrogens is 338 g/mol. The van der Waals surface area contributed by atoms with Crippen LogP contribution in [0, 0.1) is 0 Å². The van der Waals surface area contributed by atoms with E-state index in [2.05, 4.69) is 59.3 Å². The lowest BCUT2D eigenvalue weighted by Crippen LogP contribution is -2.34. The monoisotopic (exact) mass is 367 g/mol. The number of hydrogen-bond donors (Lipinski definition) is 0. The second-order valence-corrected chi connectivity index (χ2v) is 7.95. The number of amides is 1. The van der Waals surface area contributed by atoms with Gasteiger partial charge in [0.25, 0.3) is 5.91 Å². The van der Waals surface area contributed by atoms with Crippen LogP contribution in [0.1, 0.15) is 34.6 Å². The third-order valence-corrected chi connectivity index (χ3v) is 5.74. The molecule has 27 heavy (non-hydrogen) atoms. The summed E-state index contributed by atoms with van der Waals surface area (Å²) in [6.45, 7) is 5.34. The van der Waals surface area contributed by atoms with E-state index < -0.39 is 0 Å². The molecule has 2 aliphatic rings. The minimum atomic E-state index is 0.0783. The lowest BCUT2D eigenvalue weighted by molar-refractivity contribution is 0.0776. The molecular formula is C21H29N5O. The van der Waals surface area contributed by atoms with Crippen LogP contribution in [0.5, 0.6) is 0 Å². The Morgan fingerprint density at radius 1 is 1.19 bits per heavy atom. The van der Waals surface area contributed by atoms with Crippen LogP contribution < -0.4 is 0 Å². The molecule has 1 saturated heterocycles. The number of fused-ring (bicyclic) bond motifs is 1. The first-order chi connectivity index (χ1) is 13.1. The third kappa shape index (κ3) is 4.06. The summed E-state index contributed by atoms with van der Waals surface area (Å²) in [6.07, 6.45) is 2.10. The summed E-state index contributed by atoms with van der Waals surface area (Å²) in [6, 6.07) is 13.0. The number of nitrogens with zero attached hydrogens (tertiary/aromatic N) is 5. The van der Waals surface area contributed by atoms with Crippen LogP contribution in [0.3, 0.4) is 0 Å². The Bertz CT molecular complexity index is 785. The first-order valence-electron chi connectivity index (χ1n) is 9.89. The Morgan fingerprint density at radius 3 is 2.74 bits per heavy atom. The first kappa shape index (κ1) is 18.2. The summed E-state index contributed by atoms with van der Waals surface area (Å²) in [5, 5.41) is 4.65. The Hall–Kier alpha value is -2.18. The van der Waals surface area contributed by atoms with Gasteiger partial charge in [-0.25, -0.2) is 0 Å². The van der Waals surface area contributed by atoms with Gasteiger partial charge in [0.1, 0.15) is 0 Å². The van der Waals surface area contributed by atoms with Crippen LogP contribution in [-0.4, -0.2) is 70.2 Å². The molecule has 0 saturated carbocycles. The van der Waals surface area contributed by atoms with Crippen molar-refractivity contribution in [3.8, 4) is 0 Å². The van der Waals surface area contributed by atoms with Gasteiger partial charge in [-0.3, -0.25) is 14.4 Å². The minimum Gasteiger partial charge on any atom is -0.336 e. The Kier molecular flexibility index (Phi) is 5.27. The molecule has 1 atom stereocenters. The van der Waals surface area contributed by atoms with Gasteiger partial charge in [-0.2, -0.15) is 5.10 Å². The van der Waals surface area contributed by atoms with Crippen LogP contribution in [0.4, 0.5) is 0 Å². The molecule has 1 unspecified atom stereocenters. The molecule has 1 fully saturated rings. The fraction of sp³-hybridized carbons (Fsp3) is 0.524. The molecule has 2 aromatic rings. The van der Waals surface area contributed by atoms with Crippen molar-refractivity contribution in [1.29, 1.82) is 0 Å². The van der Waals surface area contributed by atoms with E-state index >= 15 is 0 Å². The highest BCUT2D eigenvalue weighted by atomic mass is 16.2. The van der Waals surface area contributed by atoms with Crippen molar-refractivity contribution in [2.75, 3.05) is 33.7 Å². The van der Waals surface area contributed by atoms with E-state index in [4.69, 9.17) is 0 Å². The molecule has 0 radical (unpaired) electrons. The van der Waals surface area contributed by atoms with Crippen LogP contribution in [0.15, 0.2) is 36.4 Å². The lowest BCUT2D eigenvalue weighted by Gasteiger charge is -2.20. The van der Waals surface area contributed by atoms with E-state index in [1.807, 2.05) is 15.6 Å². The average Bonchev–Trinajstić information content (AvgIpc) is 3.26. The maximum absolute atomic E-state index is 12.9. The Morgan fingerprint density at radius 2 is 2.00 bits per heavy atom. The van der Waals surface area contributed by atoms with E-state index in [9.17, 15) is 4.79 Å². The van der Waals surface area contributed by atoms with E-state index in [0.29, 0.717) is 11.7 Å². The molecule has 0 spiro atoms. The number of carbonyl (C=O) groups is 1. The predicted molar refractivity (Wildman–Crippen MR) is 105 cm³/mol. The van der Waals surface area contributed by atoms with Crippen molar-refractivity contribution >= 4 is 5.91 Å². The molecule has 3 heterocycles. The molecule has 144 valence electrons. The fourth-order valence-electron chi connectivity index (χ4n) is 4.12. The SMILES string of the molecule is CN(C)C1CCN(C(=O)c2cc3n(n2)CCCN(Cc2ccccc2)C3)C1. The van der Waals surface area contributed by atoms with Gasteiger partial charge in [0.15, 0.2) is 5.69 Å². The van der Waals surface area contributed by atoms with E-state index in [1.165, 1.54) is 5.56 Å². The molecule has 1 aromatic carbocycles. The fourth-order valence-corrected chi connectivity index (χ4v) is 4.12. The van der Waals surface area contributed by atoms with Crippen molar-refractivity contribution in [2.24, 2.45) is 0 Å². The van der Waals surface area contributed by atoms with Crippen LogP contribution in [0.2, 0.25) is 0 Å². The quantitative estimate of drug-likeness (QED) is 0.830. The molecule has 6 heteroatoms. The number of hydrogen-bond acceptors (Lipinski definition) is 4. The van der Waals surface area contributed by atoms with Gasteiger partial charge in [0.2, 0.25) is 0 Å². The molecule has 2 aliphatic heterocycles. The van der Waals surface area contributed by atoms with Gasteiger partial charge < -0.3 is 9.80 Å². The number of likely N-dealkylation sites (tertiary alicyclic amines) is 1. The zero-order valence-corrected chi connectivity index (χ0v) is 16.3. The predicted octanol–water partition coefficient (Wildman–Crippen LogP) is 2.07. The normalized spacial score (nSPS) is 20.7. The average molecular weight is 367 g/mol. The molecule has 0 bridgehead atoms. The number of likely N-dealkylation sites (N-methyl/N-ethyl adjacent to an activating group) is 1. The lowest BCUT2D eigenvalue weighted by atomic mass is 10.2. The van der Waals surface area contributed by atoms with Crippen LogP contribution >= 0.6 is 0 Å². The van der Waals surface area contributed by atoms with Crippen molar-refractivity contribution in [3.05, 3.63) is 53.3 Å². The van der Waals surface area contributed by atoms with Crippen molar-refractivity contribution in [3.63, 3.8) is 0 Å².